The van der Waals surface area contributed by atoms with Crippen LogP contribution in [-0.4, -0.2) is 6.61 Å². The number of ether oxygens (including phenoxy) is 1. The Hall–Kier alpha value is -1.09. The zero-order valence-corrected chi connectivity index (χ0v) is 6.49. The molecule has 0 atom stereocenters. The average molecular weight is 153 g/mol. The molecule has 1 aromatic rings. The van der Waals surface area contributed by atoms with Crippen LogP contribution in [0.15, 0.2) is 24.5 Å². The van der Waals surface area contributed by atoms with E-state index < -0.39 is 0 Å². The smallest absolute Gasteiger partial charge is 0.180 e. The van der Waals surface area contributed by atoms with Gasteiger partial charge >= 0.3 is 0 Å². The van der Waals surface area contributed by atoms with Crippen molar-refractivity contribution in [2.45, 2.75) is 13.5 Å². The lowest BCUT2D eigenvalue weighted by atomic mass is 10.3. The van der Waals surface area contributed by atoms with Gasteiger partial charge in [-0.05, 0) is 12.5 Å². The second kappa shape index (κ2) is 3.93. The molecule has 0 bridgehead atoms. The van der Waals surface area contributed by atoms with E-state index in [0.29, 0.717) is 13.2 Å². The molecule has 1 rings (SSSR count). The van der Waals surface area contributed by atoms with Crippen molar-refractivity contribution >= 4 is 0 Å². The summed E-state index contributed by atoms with van der Waals surface area (Å²) in [6.45, 7) is 3.22. The molecule has 0 amide bonds. The number of nitrogens with zero attached hydrogens (tertiary/aromatic N) is 1. The fraction of sp³-hybridized carbons (Fsp3) is 0.375. The molecule has 3 heteroatoms. The molecule has 0 fully saturated rings. The van der Waals surface area contributed by atoms with Gasteiger partial charge in [-0.1, -0.05) is 0 Å². The van der Waals surface area contributed by atoms with Crippen LogP contribution in [0, 0.1) is 5.21 Å². The molecule has 60 valence electrons. The van der Waals surface area contributed by atoms with Gasteiger partial charge < -0.3 is 9.94 Å². The van der Waals surface area contributed by atoms with E-state index in [1.807, 2.05) is 6.92 Å². The monoisotopic (exact) mass is 153 g/mol. The first-order chi connectivity index (χ1) is 5.33. The Labute approximate surface area is 65.8 Å². The van der Waals surface area contributed by atoms with Crippen molar-refractivity contribution in [3.05, 3.63) is 35.3 Å². The van der Waals surface area contributed by atoms with E-state index in [-0.39, 0.29) is 0 Å². The van der Waals surface area contributed by atoms with Gasteiger partial charge in [0.25, 0.3) is 0 Å². The van der Waals surface area contributed by atoms with Gasteiger partial charge in [-0.25, -0.2) is 0 Å². The molecule has 0 aliphatic heterocycles. The molecule has 1 aromatic heterocycles. The minimum Gasteiger partial charge on any atom is -0.619 e. The van der Waals surface area contributed by atoms with E-state index in [0.717, 1.165) is 10.3 Å². The summed E-state index contributed by atoms with van der Waals surface area (Å²) in [6.07, 6.45) is 2.93. The third-order valence-corrected chi connectivity index (χ3v) is 1.34. The van der Waals surface area contributed by atoms with Gasteiger partial charge in [0.2, 0.25) is 0 Å². The fourth-order valence-electron chi connectivity index (χ4n) is 0.760. The quantitative estimate of drug-likeness (QED) is 0.477. The SMILES string of the molecule is CCOCc1cc[n+]([O-])cc1. The highest BCUT2D eigenvalue weighted by atomic mass is 16.5. The Morgan fingerprint density at radius 2 is 2.09 bits per heavy atom. The van der Waals surface area contributed by atoms with Crippen molar-refractivity contribution in [1.82, 2.24) is 0 Å². The summed E-state index contributed by atoms with van der Waals surface area (Å²) in [7, 11) is 0. The minimum atomic E-state index is 0.581. The van der Waals surface area contributed by atoms with Crippen LogP contribution < -0.4 is 4.73 Å². The Morgan fingerprint density at radius 1 is 1.45 bits per heavy atom. The molecule has 0 unspecified atom stereocenters. The zero-order chi connectivity index (χ0) is 8.10. The number of pyridine rings is 1. The third-order valence-electron chi connectivity index (χ3n) is 1.34. The van der Waals surface area contributed by atoms with E-state index in [2.05, 4.69) is 0 Å². The molecule has 0 aliphatic carbocycles. The van der Waals surface area contributed by atoms with Crippen LogP contribution in [0.5, 0.6) is 0 Å². The average Bonchev–Trinajstić information content (AvgIpc) is 2.04. The number of rotatable bonds is 3. The number of hydrogen-bond donors (Lipinski definition) is 0. The summed E-state index contributed by atoms with van der Waals surface area (Å²) in [5, 5.41) is 10.6. The van der Waals surface area contributed by atoms with Crippen LogP contribution in [0.4, 0.5) is 0 Å². The summed E-state index contributed by atoms with van der Waals surface area (Å²) in [5.41, 5.74) is 1.03. The van der Waals surface area contributed by atoms with Crippen molar-refractivity contribution in [2.75, 3.05) is 6.61 Å². The highest BCUT2D eigenvalue weighted by molar-refractivity contribution is 5.05. The molecule has 0 spiro atoms. The number of hydrogen-bond acceptors (Lipinski definition) is 2. The predicted molar refractivity (Wildman–Crippen MR) is 40.7 cm³/mol. The maximum absolute atomic E-state index is 10.6. The van der Waals surface area contributed by atoms with Gasteiger partial charge in [-0.3, -0.25) is 0 Å². The third kappa shape index (κ3) is 2.55. The Bertz CT molecular complexity index is 208. The number of aromatic nitrogens is 1. The molecule has 0 aliphatic rings. The predicted octanol–water partition coefficient (Wildman–Crippen LogP) is 0.857. The molecule has 11 heavy (non-hydrogen) atoms. The maximum atomic E-state index is 10.6. The second-order valence-electron chi connectivity index (χ2n) is 2.20. The molecule has 0 saturated carbocycles. The molecule has 1 heterocycles. The van der Waals surface area contributed by atoms with Gasteiger partial charge in [0.15, 0.2) is 12.4 Å². The zero-order valence-electron chi connectivity index (χ0n) is 6.49. The van der Waals surface area contributed by atoms with Crippen LogP contribution in [0.3, 0.4) is 0 Å². The first-order valence-corrected chi connectivity index (χ1v) is 3.58. The van der Waals surface area contributed by atoms with E-state index >= 15 is 0 Å². The van der Waals surface area contributed by atoms with E-state index in [9.17, 15) is 5.21 Å². The van der Waals surface area contributed by atoms with Crippen molar-refractivity contribution in [3.8, 4) is 0 Å². The van der Waals surface area contributed by atoms with Gasteiger partial charge in [-0.15, -0.1) is 0 Å². The topological polar surface area (TPSA) is 36.2 Å². The van der Waals surface area contributed by atoms with Crippen molar-refractivity contribution < 1.29 is 9.47 Å². The molecular formula is C8H11NO2. The molecule has 0 radical (unpaired) electrons. The summed E-state index contributed by atoms with van der Waals surface area (Å²) in [6, 6.07) is 3.51. The summed E-state index contributed by atoms with van der Waals surface area (Å²) in [4.78, 5) is 0. The highest BCUT2D eigenvalue weighted by Crippen LogP contribution is 1.96. The van der Waals surface area contributed by atoms with E-state index in [4.69, 9.17) is 4.74 Å². The normalized spacial score (nSPS) is 9.91. The second-order valence-corrected chi connectivity index (χ2v) is 2.20. The van der Waals surface area contributed by atoms with Crippen LogP contribution in [0.2, 0.25) is 0 Å². The standard InChI is InChI=1S/C8H11NO2/c1-2-11-7-8-3-5-9(10)6-4-8/h3-6H,2,7H2,1H3. The highest BCUT2D eigenvalue weighted by Gasteiger charge is 1.92. The van der Waals surface area contributed by atoms with Crippen LogP contribution in [-0.2, 0) is 11.3 Å². The Kier molecular flexibility index (Phi) is 2.86. The van der Waals surface area contributed by atoms with Crippen molar-refractivity contribution in [3.63, 3.8) is 0 Å². The lowest BCUT2D eigenvalue weighted by Gasteiger charge is -2.00. The molecular weight excluding hydrogens is 142 g/mol. The molecule has 0 N–H and O–H groups in total. The van der Waals surface area contributed by atoms with Gasteiger partial charge in [0.1, 0.15) is 0 Å². The first-order valence-electron chi connectivity index (χ1n) is 3.58. The maximum Gasteiger partial charge on any atom is 0.180 e. The van der Waals surface area contributed by atoms with E-state index in [1.165, 1.54) is 12.4 Å². The van der Waals surface area contributed by atoms with Gasteiger partial charge in [0.05, 0.1) is 6.61 Å². The first kappa shape index (κ1) is 8.01. The lowest BCUT2D eigenvalue weighted by molar-refractivity contribution is -0.605. The van der Waals surface area contributed by atoms with Crippen LogP contribution in [0.25, 0.3) is 0 Å². The summed E-state index contributed by atoms with van der Waals surface area (Å²) < 4.78 is 5.91. The Balaban J connectivity index is 2.52. The summed E-state index contributed by atoms with van der Waals surface area (Å²) in [5.74, 6) is 0. The fourth-order valence-corrected chi connectivity index (χ4v) is 0.760. The van der Waals surface area contributed by atoms with Gasteiger partial charge in [0, 0.05) is 18.7 Å². The van der Waals surface area contributed by atoms with Crippen LogP contribution >= 0.6 is 0 Å². The molecule has 3 nitrogen and oxygen atoms in total. The minimum absolute atomic E-state index is 0.581. The Morgan fingerprint density at radius 3 is 2.64 bits per heavy atom. The van der Waals surface area contributed by atoms with Crippen molar-refractivity contribution in [2.24, 2.45) is 0 Å². The molecule has 0 aromatic carbocycles. The van der Waals surface area contributed by atoms with Gasteiger partial charge in [-0.2, -0.15) is 4.73 Å². The molecule has 0 saturated heterocycles. The lowest BCUT2D eigenvalue weighted by Crippen LogP contribution is -2.23. The largest absolute Gasteiger partial charge is 0.619 e. The van der Waals surface area contributed by atoms with Crippen molar-refractivity contribution in [1.29, 1.82) is 0 Å². The van der Waals surface area contributed by atoms with E-state index in [1.54, 1.807) is 12.1 Å². The summed E-state index contributed by atoms with van der Waals surface area (Å²) >= 11 is 0. The van der Waals surface area contributed by atoms with Crippen LogP contribution in [0.1, 0.15) is 12.5 Å².